The van der Waals surface area contributed by atoms with Crippen LogP contribution in [0.5, 0.6) is 0 Å². The number of aromatic nitrogens is 1. The third-order valence-corrected chi connectivity index (χ3v) is 5.86. The number of carboxylic acids is 1. The van der Waals surface area contributed by atoms with Crippen LogP contribution in [-0.2, 0) is 0 Å². The average molecular weight is 520 g/mol. The van der Waals surface area contributed by atoms with Crippen molar-refractivity contribution in [1.82, 2.24) is 4.98 Å². The highest BCUT2D eigenvalue weighted by molar-refractivity contribution is 6.31. The first-order chi connectivity index (χ1) is 17.2. The third kappa shape index (κ3) is 5.71. The van der Waals surface area contributed by atoms with Crippen molar-refractivity contribution in [3.8, 4) is 0 Å². The molecule has 0 aliphatic heterocycles. The van der Waals surface area contributed by atoms with Gasteiger partial charge in [0.05, 0.1) is 17.4 Å². The summed E-state index contributed by atoms with van der Waals surface area (Å²) in [5.41, 5.74) is 1.99. The number of amides is 1. The Hall–Kier alpha value is -4.20. The first-order valence-electron chi connectivity index (χ1n) is 10.7. The van der Waals surface area contributed by atoms with Crippen molar-refractivity contribution in [3.63, 3.8) is 0 Å². The average Bonchev–Trinajstić information content (AvgIpc) is 2.88. The summed E-state index contributed by atoms with van der Waals surface area (Å²) in [6.45, 7) is 0. The fraction of sp³-hybridized carbons (Fsp3) is 0.0370. The number of carbonyl (C=O) groups is 3. The summed E-state index contributed by atoms with van der Waals surface area (Å²) in [5, 5.41) is 13.2. The van der Waals surface area contributed by atoms with Gasteiger partial charge in [-0.25, -0.2) is 4.79 Å². The molecule has 0 radical (unpaired) electrons. The molecule has 0 aliphatic rings. The highest BCUT2D eigenvalue weighted by Gasteiger charge is 2.18. The van der Waals surface area contributed by atoms with E-state index in [1.165, 1.54) is 24.4 Å². The molecule has 180 valence electrons. The van der Waals surface area contributed by atoms with Crippen molar-refractivity contribution in [1.29, 1.82) is 0 Å². The second-order valence-electron chi connectivity index (χ2n) is 7.83. The smallest absolute Gasteiger partial charge is 0.335 e. The summed E-state index contributed by atoms with van der Waals surface area (Å²) in [4.78, 5) is 43.8. The predicted octanol–water partition coefficient (Wildman–Crippen LogP) is 6.34. The van der Waals surface area contributed by atoms with Gasteiger partial charge in [0.1, 0.15) is 5.69 Å². The Bertz CT molecular complexity index is 1460. The fourth-order valence-corrected chi connectivity index (χ4v) is 3.78. The molecule has 7 nitrogen and oxygen atoms in total. The van der Waals surface area contributed by atoms with E-state index in [4.69, 9.17) is 23.2 Å². The molecule has 3 aromatic carbocycles. The van der Waals surface area contributed by atoms with Crippen molar-refractivity contribution in [2.45, 2.75) is 0 Å². The number of halogens is 2. The lowest BCUT2D eigenvalue weighted by atomic mass is 10.00. The zero-order chi connectivity index (χ0) is 25.8. The fourth-order valence-electron chi connectivity index (χ4n) is 3.46. The van der Waals surface area contributed by atoms with Crippen LogP contribution < -0.4 is 10.2 Å². The van der Waals surface area contributed by atoms with Crippen LogP contribution in [-0.4, -0.2) is 34.8 Å². The zero-order valence-corrected chi connectivity index (χ0v) is 20.4. The topological polar surface area (TPSA) is 99.6 Å². The molecule has 1 aromatic heterocycles. The first kappa shape index (κ1) is 24.9. The Morgan fingerprint density at radius 2 is 1.47 bits per heavy atom. The Kier molecular flexibility index (Phi) is 7.33. The van der Waals surface area contributed by atoms with Crippen molar-refractivity contribution in [2.24, 2.45) is 0 Å². The number of hydrogen-bond acceptors (Lipinski definition) is 5. The second-order valence-corrected chi connectivity index (χ2v) is 8.71. The minimum Gasteiger partial charge on any atom is -0.478 e. The highest BCUT2D eigenvalue weighted by atomic mass is 35.5. The van der Waals surface area contributed by atoms with Crippen molar-refractivity contribution < 1.29 is 19.5 Å². The van der Waals surface area contributed by atoms with Crippen LogP contribution in [0.3, 0.4) is 0 Å². The largest absolute Gasteiger partial charge is 0.478 e. The number of ketones is 1. The molecule has 0 bridgehead atoms. The van der Waals surface area contributed by atoms with E-state index in [0.29, 0.717) is 15.7 Å². The molecule has 0 unspecified atom stereocenters. The Morgan fingerprint density at radius 3 is 2.11 bits per heavy atom. The Morgan fingerprint density at radius 1 is 0.806 bits per heavy atom. The molecule has 1 heterocycles. The van der Waals surface area contributed by atoms with Gasteiger partial charge in [0, 0.05) is 39.6 Å². The number of rotatable bonds is 7. The lowest BCUT2D eigenvalue weighted by molar-refractivity contribution is 0.0697. The molecule has 4 aromatic rings. The molecule has 1 amide bonds. The number of aromatic carboxylic acids is 1. The lowest BCUT2D eigenvalue weighted by Crippen LogP contribution is -2.15. The SMILES string of the molecule is CN(c1ccc(Cl)cc1)c1ccc(C(=O)c2cc(C(=O)O)cc(C(=O)Nc3cccc(Cl)c3)c2)nc1. The Balaban J connectivity index is 1.60. The number of hydrogen-bond donors (Lipinski definition) is 2. The lowest BCUT2D eigenvalue weighted by Gasteiger charge is -2.19. The van der Waals surface area contributed by atoms with Gasteiger partial charge in [-0.1, -0.05) is 29.3 Å². The number of nitrogens with zero attached hydrogens (tertiary/aromatic N) is 2. The van der Waals surface area contributed by atoms with E-state index in [0.717, 1.165) is 11.4 Å². The molecule has 0 saturated carbocycles. The van der Waals surface area contributed by atoms with Gasteiger partial charge in [-0.2, -0.15) is 0 Å². The summed E-state index contributed by atoms with van der Waals surface area (Å²) in [6, 6.07) is 20.8. The van der Waals surface area contributed by atoms with Gasteiger partial charge in [0.15, 0.2) is 0 Å². The van der Waals surface area contributed by atoms with E-state index < -0.39 is 17.7 Å². The van der Waals surface area contributed by atoms with Crippen LogP contribution in [0.4, 0.5) is 17.1 Å². The van der Waals surface area contributed by atoms with Crippen molar-refractivity contribution in [3.05, 3.63) is 117 Å². The van der Waals surface area contributed by atoms with Gasteiger partial charge in [-0.3, -0.25) is 14.6 Å². The van der Waals surface area contributed by atoms with Crippen LogP contribution in [0.25, 0.3) is 0 Å². The van der Waals surface area contributed by atoms with Crippen molar-refractivity contribution in [2.75, 3.05) is 17.3 Å². The van der Waals surface area contributed by atoms with E-state index in [9.17, 15) is 19.5 Å². The summed E-state index contributed by atoms with van der Waals surface area (Å²) >= 11 is 11.9. The number of carbonyl (C=O) groups excluding carboxylic acids is 2. The molecule has 9 heteroatoms. The van der Waals surface area contributed by atoms with Gasteiger partial charge in [-0.05, 0) is 72.8 Å². The highest BCUT2D eigenvalue weighted by Crippen LogP contribution is 2.25. The van der Waals surface area contributed by atoms with Crippen LogP contribution in [0.2, 0.25) is 10.0 Å². The van der Waals surface area contributed by atoms with Crippen LogP contribution in [0.1, 0.15) is 36.8 Å². The molecule has 0 atom stereocenters. The molecule has 0 aliphatic carbocycles. The van der Waals surface area contributed by atoms with Crippen LogP contribution in [0.15, 0.2) is 85.1 Å². The van der Waals surface area contributed by atoms with Crippen LogP contribution in [0, 0.1) is 0 Å². The molecule has 0 saturated heterocycles. The summed E-state index contributed by atoms with van der Waals surface area (Å²) < 4.78 is 0. The molecule has 0 fully saturated rings. The molecular weight excluding hydrogens is 501 g/mol. The number of benzene rings is 3. The third-order valence-electron chi connectivity index (χ3n) is 5.37. The molecule has 36 heavy (non-hydrogen) atoms. The van der Waals surface area contributed by atoms with Gasteiger partial charge in [0.2, 0.25) is 5.78 Å². The quantitative estimate of drug-likeness (QED) is 0.276. The maximum absolute atomic E-state index is 13.2. The van der Waals surface area contributed by atoms with Gasteiger partial charge in [0.25, 0.3) is 5.91 Å². The van der Waals surface area contributed by atoms with Gasteiger partial charge >= 0.3 is 5.97 Å². The normalized spacial score (nSPS) is 10.5. The minimum absolute atomic E-state index is 0.0114. The number of pyridine rings is 1. The van der Waals surface area contributed by atoms with Crippen molar-refractivity contribution >= 4 is 57.9 Å². The minimum atomic E-state index is -1.27. The first-order valence-corrected chi connectivity index (χ1v) is 11.4. The molecular formula is C27H19Cl2N3O4. The van der Waals surface area contributed by atoms with E-state index in [1.54, 1.807) is 48.5 Å². The summed E-state index contributed by atoms with van der Waals surface area (Å²) in [7, 11) is 1.85. The summed E-state index contributed by atoms with van der Waals surface area (Å²) in [5.74, 6) is -2.37. The summed E-state index contributed by atoms with van der Waals surface area (Å²) in [6.07, 6.45) is 1.54. The maximum Gasteiger partial charge on any atom is 0.335 e. The van der Waals surface area contributed by atoms with E-state index in [1.807, 2.05) is 24.1 Å². The number of anilines is 3. The number of nitrogens with one attached hydrogen (secondary N) is 1. The van der Waals surface area contributed by atoms with Crippen LogP contribution >= 0.6 is 23.2 Å². The second kappa shape index (κ2) is 10.6. The Labute approximate surface area is 216 Å². The number of carboxylic acid groups (broad SMARTS) is 1. The standard InChI is InChI=1S/C27H19Cl2N3O4/c1-32(22-7-5-19(28)6-8-22)23-9-10-24(30-15-23)25(33)16-11-17(13-18(12-16)27(35)36)26(34)31-21-4-2-3-20(29)14-21/h2-15H,1H3,(H,31,34)(H,35,36). The van der Waals surface area contributed by atoms with E-state index in [2.05, 4.69) is 10.3 Å². The monoisotopic (exact) mass is 519 g/mol. The van der Waals surface area contributed by atoms with E-state index in [-0.39, 0.29) is 22.4 Å². The maximum atomic E-state index is 13.2. The predicted molar refractivity (Wildman–Crippen MR) is 140 cm³/mol. The zero-order valence-electron chi connectivity index (χ0n) is 18.9. The van der Waals surface area contributed by atoms with Gasteiger partial charge in [-0.15, -0.1) is 0 Å². The van der Waals surface area contributed by atoms with E-state index >= 15 is 0 Å². The molecule has 4 rings (SSSR count). The van der Waals surface area contributed by atoms with Gasteiger partial charge < -0.3 is 15.3 Å². The molecule has 2 N–H and O–H groups in total. The molecule has 0 spiro atoms.